The van der Waals surface area contributed by atoms with Gasteiger partial charge in [-0.1, -0.05) is 37.1 Å². The van der Waals surface area contributed by atoms with Crippen LogP contribution in [0.1, 0.15) is 51.4 Å². The van der Waals surface area contributed by atoms with Crippen LogP contribution in [0.3, 0.4) is 0 Å². The summed E-state index contributed by atoms with van der Waals surface area (Å²) < 4.78 is 5.24. The molecule has 154 valence electrons. The number of benzene rings is 1. The number of azo groups is 1. The van der Waals surface area contributed by atoms with E-state index < -0.39 is 5.66 Å². The maximum absolute atomic E-state index is 13.7. The first-order chi connectivity index (χ1) is 13.8. The van der Waals surface area contributed by atoms with Crippen LogP contribution in [0, 0.1) is 5.92 Å². The van der Waals surface area contributed by atoms with Crippen molar-refractivity contribution in [3.05, 3.63) is 64.3 Å². The number of ketones is 1. The van der Waals surface area contributed by atoms with Crippen molar-refractivity contribution in [2.75, 3.05) is 13.7 Å². The molecule has 5 heteroatoms. The van der Waals surface area contributed by atoms with Crippen LogP contribution in [0.2, 0.25) is 0 Å². The molecule has 0 saturated heterocycles. The zero-order valence-corrected chi connectivity index (χ0v) is 18.2. The van der Waals surface area contributed by atoms with Crippen LogP contribution in [0.5, 0.6) is 5.75 Å². The van der Waals surface area contributed by atoms with Crippen LogP contribution in [0.25, 0.3) is 0 Å². The predicted octanol–water partition coefficient (Wildman–Crippen LogP) is 5.27. The molecule has 2 heterocycles. The van der Waals surface area contributed by atoms with Gasteiger partial charge in [0, 0.05) is 29.2 Å². The highest BCUT2D eigenvalue weighted by molar-refractivity contribution is 6.10. The number of hydrogen-bond donors (Lipinski definition) is 1. The Morgan fingerprint density at radius 1 is 1.28 bits per heavy atom. The minimum atomic E-state index is -0.682. The Morgan fingerprint density at radius 3 is 2.59 bits per heavy atom. The third-order valence-electron chi connectivity index (χ3n) is 5.77. The molecule has 0 fully saturated rings. The molecule has 3 atom stereocenters. The maximum atomic E-state index is 13.7. The second-order valence-corrected chi connectivity index (χ2v) is 8.06. The number of ether oxygens (including phenoxy) is 1. The van der Waals surface area contributed by atoms with Gasteiger partial charge in [0.1, 0.15) is 5.75 Å². The molecule has 0 amide bonds. The van der Waals surface area contributed by atoms with E-state index in [4.69, 9.17) is 4.74 Å². The number of nitrogens with one attached hydrogen (secondary N) is 1. The van der Waals surface area contributed by atoms with Crippen LogP contribution in [-0.4, -0.2) is 31.1 Å². The molecule has 0 aromatic heterocycles. The number of carbonyl (C=O) groups is 1. The summed E-state index contributed by atoms with van der Waals surface area (Å²) in [5.74, 6) is 0.697. The van der Waals surface area contributed by atoms with E-state index in [-0.39, 0.29) is 17.7 Å². The van der Waals surface area contributed by atoms with Gasteiger partial charge in [-0.15, -0.1) is 0 Å². The molecule has 2 aliphatic rings. The molecule has 29 heavy (non-hydrogen) atoms. The normalized spacial score (nSPS) is 33.3. The van der Waals surface area contributed by atoms with E-state index in [2.05, 4.69) is 48.5 Å². The number of rotatable bonds is 4. The van der Waals surface area contributed by atoms with Gasteiger partial charge in [-0.3, -0.25) is 10.1 Å². The molecule has 5 nitrogen and oxygen atoms in total. The van der Waals surface area contributed by atoms with Gasteiger partial charge < -0.3 is 4.74 Å². The van der Waals surface area contributed by atoms with Gasteiger partial charge in [0.15, 0.2) is 11.4 Å². The number of allylic oxidation sites excluding steroid dienone is 4. The van der Waals surface area contributed by atoms with E-state index in [1.807, 2.05) is 38.1 Å². The van der Waals surface area contributed by atoms with Crippen LogP contribution >= 0.6 is 0 Å². The van der Waals surface area contributed by atoms with Crippen molar-refractivity contribution >= 4 is 5.78 Å². The van der Waals surface area contributed by atoms with Crippen molar-refractivity contribution in [2.24, 2.45) is 16.1 Å². The minimum Gasteiger partial charge on any atom is -0.497 e. The van der Waals surface area contributed by atoms with Gasteiger partial charge in [-0.2, -0.15) is 10.2 Å². The number of nitrogens with zero attached hydrogens (tertiary/aromatic N) is 2. The molecule has 3 rings (SSSR count). The van der Waals surface area contributed by atoms with Gasteiger partial charge in [-0.05, 0) is 51.5 Å². The van der Waals surface area contributed by atoms with E-state index in [0.29, 0.717) is 12.1 Å². The highest BCUT2D eigenvalue weighted by atomic mass is 16.5. The molecule has 0 aliphatic carbocycles. The van der Waals surface area contributed by atoms with Crippen molar-refractivity contribution in [1.29, 1.82) is 0 Å². The number of hydrogen-bond acceptors (Lipinski definition) is 5. The zero-order valence-electron chi connectivity index (χ0n) is 18.2. The smallest absolute Gasteiger partial charge is 0.189 e. The summed E-state index contributed by atoms with van der Waals surface area (Å²) in [5.41, 5.74) is 4.18. The molecule has 0 radical (unpaired) electrons. The summed E-state index contributed by atoms with van der Waals surface area (Å²) in [4.78, 5) is 13.7. The van der Waals surface area contributed by atoms with Crippen molar-refractivity contribution in [3.63, 3.8) is 0 Å². The SMILES string of the molecule is CC/C1=C/C(C)=C\C(C)/C(C(=O)c2ccc(OC)cc2)=C2/C(C)N=NC2(C)NC1. The highest BCUT2D eigenvalue weighted by Gasteiger charge is 2.42. The van der Waals surface area contributed by atoms with Gasteiger partial charge >= 0.3 is 0 Å². The monoisotopic (exact) mass is 393 g/mol. The molecule has 2 aliphatic heterocycles. The Morgan fingerprint density at radius 2 is 1.97 bits per heavy atom. The van der Waals surface area contributed by atoms with E-state index in [9.17, 15) is 4.79 Å². The van der Waals surface area contributed by atoms with E-state index in [0.717, 1.165) is 23.3 Å². The Balaban J connectivity index is 2.16. The molecule has 0 spiro atoms. The number of methoxy groups -OCH3 is 1. The van der Waals surface area contributed by atoms with Crippen LogP contribution < -0.4 is 10.1 Å². The predicted molar refractivity (Wildman–Crippen MR) is 116 cm³/mol. The number of carbonyl (C=O) groups excluding carboxylic acids is 1. The lowest BCUT2D eigenvalue weighted by Gasteiger charge is -2.30. The summed E-state index contributed by atoms with van der Waals surface area (Å²) >= 11 is 0. The number of fused-ring (bicyclic) bond motifs is 1. The fourth-order valence-corrected chi connectivity index (χ4v) is 4.22. The third kappa shape index (κ3) is 4.25. The van der Waals surface area contributed by atoms with Gasteiger partial charge in [0.2, 0.25) is 0 Å². The maximum Gasteiger partial charge on any atom is 0.189 e. The van der Waals surface area contributed by atoms with Crippen LogP contribution in [0.4, 0.5) is 0 Å². The van der Waals surface area contributed by atoms with Crippen LogP contribution in [-0.2, 0) is 0 Å². The lowest BCUT2D eigenvalue weighted by molar-refractivity contribution is 0.102. The van der Waals surface area contributed by atoms with E-state index in [1.54, 1.807) is 7.11 Å². The second-order valence-electron chi connectivity index (χ2n) is 8.06. The van der Waals surface area contributed by atoms with Crippen molar-refractivity contribution < 1.29 is 9.53 Å². The summed E-state index contributed by atoms with van der Waals surface area (Å²) in [7, 11) is 1.62. The second kappa shape index (κ2) is 8.46. The summed E-state index contributed by atoms with van der Waals surface area (Å²) in [6.07, 6.45) is 5.35. The molecule has 3 unspecified atom stereocenters. The van der Waals surface area contributed by atoms with Gasteiger partial charge in [-0.25, -0.2) is 0 Å². The van der Waals surface area contributed by atoms with Crippen molar-refractivity contribution in [3.8, 4) is 5.75 Å². The molecular weight excluding hydrogens is 362 g/mol. The Kier molecular flexibility index (Phi) is 6.18. The highest BCUT2D eigenvalue weighted by Crippen LogP contribution is 2.38. The first-order valence-corrected chi connectivity index (χ1v) is 10.3. The first-order valence-electron chi connectivity index (χ1n) is 10.3. The third-order valence-corrected chi connectivity index (χ3v) is 5.77. The largest absolute Gasteiger partial charge is 0.497 e. The van der Waals surface area contributed by atoms with Gasteiger partial charge in [0.25, 0.3) is 0 Å². The molecule has 0 bridgehead atoms. The Bertz CT molecular complexity index is 909. The average Bonchev–Trinajstić information content (AvgIpc) is 3.00. The molecule has 1 N–H and O–H groups in total. The standard InChI is InChI=1S/C24H31N3O2/c1-7-18-13-15(2)12-16(3)21(22-17(4)26-27-24(22,5)25-14-18)23(28)19-8-10-20(29-6)11-9-19/h8-13,16-17,25H,7,14H2,1-6H3/b15-12-,18-13-,22-21+. The van der Waals surface area contributed by atoms with E-state index in [1.165, 1.54) is 11.1 Å². The topological polar surface area (TPSA) is 63.0 Å². The fourth-order valence-electron chi connectivity index (χ4n) is 4.22. The molecular formula is C24H31N3O2. The number of Topliss-reactive ketones (excluding diaryl/α,β-unsaturated/α-hetero) is 1. The molecule has 1 aromatic carbocycles. The van der Waals surface area contributed by atoms with Crippen molar-refractivity contribution in [1.82, 2.24) is 5.32 Å². The Labute approximate surface area is 173 Å². The minimum absolute atomic E-state index is 0.0200. The molecule has 1 aromatic rings. The summed E-state index contributed by atoms with van der Waals surface area (Å²) in [6, 6.07) is 7.15. The average molecular weight is 394 g/mol. The van der Waals surface area contributed by atoms with E-state index >= 15 is 0 Å². The lowest BCUT2D eigenvalue weighted by Crippen LogP contribution is -2.44. The zero-order chi connectivity index (χ0) is 21.2. The summed E-state index contributed by atoms with van der Waals surface area (Å²) in [5, 5.41) is 12.6. The fraction of sp³-hybridized carbons (Fsp3) is 0.458. The first kappa shape index (κ1) is 21.2. The Hall–Kier alpha value is -2.53. The van der Waals surface area contributed by atoms with Gasteiger partial charge in [0.05, 0.1) is 13.2 Å². The quantitative estimate of drug-likeness (QED) is 0.709. The van der Waals surface area contributed by atoms with Crippen molar-refractivity contribution in [2.45, 2.75) is 52.7 Å². The summed E-state index contributed by atoms with van der Waals surface area (Å²) in [6.45, 7) is 11.1. The lowest BCUT2D eigenvalue weighted by atomic mass is 9.81. The van der Waals surface area contributed by atoms with Crippen LogP contribution in [0.15, 0.2) is 68.9 Å². The molecule has 0 saturated carbocycles.